The van der Waals surface area contributed by atoms with Gasteiger partial charge in [-0.2, -0.15) is 4.98 Å². The van der Waals surface area contributed by atoms with Gasteiger partial charge < -0.3 is 14.8 Å². The average Bonchev–Trinajstić information content (AvgIpc) is 3.27. The molecule has 5 rings (SSSR count). The van der Waals surface area contributed by atoms with Gasteiger partial charge >= 0.3 is 0 Å². The second-order valence-corrected chi connectivity index (χ2v) is 6.13. The summed E-state index contributed by atoms with van der Waals surface area (Å²) in [6.07, 6.45) is 5.58. The van der Waals surface area contributed by atoms with Crippen molar-refractivity contribution < 1.29 is 4.52 Å². The monoisotopic (exact) mass is 280 g/mol. The first-order valence-electron chi connectivity index (χ1n) is 7.54. The van der Waals surface area contributed by atoms with E-state index in [1.807, 2.05) is 12.3 Å². The van der Waals surface area contributed by atoms with E-state index in [1.54, 1.807) is 0 Å². The van der Waals surface area contributed by atoms with Crippen molar-refractivity contribution in [2.75, 3.05) is 0 Å². The Kier molecular flexibility index (Phi) is 2.29. The molecule has 0 aliphatic carbocycles. The molecule has 0 spiro atoms. The predicted molar refractivity (Wildman–Crippen MR) is 78.9 cm³/mol. The van der Waals surface area contributed by atoms with Crippen molar-refractivity contribution in [2.24, 2.45) is 0 Å². The predicted octanol–water partition coefficient (Wildman–Crippen LogP) is 2.83. The molecule has 106 valence electrons. The second kappa shape index (κ2) is 4.18. The summed E-state index contributed by atoms with van der Waals surface area (Å²) in [5.41, 5.74) is 2.13. The van der Waals surface area contributed by atoms with Crippen LogP contribution in [0.4, 0.5) is 0 Å². The van der Waals surface area contributed by atoms with E-state index < -0.39 is 0 Å². The number of fused-ring (bicyclic) bond motifs is 3. The van der Waals surface area contributed by atoms with E-state index in [-0.39, 0.29) is 0 Å². The molecule has 2 aromatic heterocycles. The summed E-state index contributed by atoms with van der Waals surface area (Å²) in [5.74, 6) is 1.87. The molecule has 3 atom stereocenters. The summed E-state index contributed by atoms with van der Waals surface area (Å²) in [6, 6.07) is 9.41. The van der Waals surface area contributed by atoms with Crippen molar-refractivity contribution in [2.45, 2.75) is 37.3 Å². The maximum Gasteiger partial charge on any atom is 0.231 e. The number of nitrogens with one attached hydrogen (secondary N) is 2. The smallest absolute Gasteiger partial charge is 0.231 e. The fourth-order valence-corrected chi connectivity index (χ4v) is 3.79. The van der Waals surface area contributed by atoms with Crippen LogP contribution in [0.5, 0.6) is 0 Å². The number of benzene rings is 1. The summed E-state index contributed by atoms with van der Waals surface area (Å²) >= 11 is 0. The number of hydrogen-bond donors (Lipinski definition) is 2. The highest BCUT2D eigenvalue weighted by molar-refractivity contribution is 5.83. The number of aromatic amines is 1. The third kappa shape index (κ3) is 1.74. The van der Waals surface area contributed by atoms with Crippen LogP contribution in [0.25, 0.3) is 22.3 Å². The van der Waals surface area contributed by atoms with E-state index in [0.717, 1.165) is 23.4 Å². The molecule has 4 heterocycles. The van der Waals surface area contributed by atoms with Crippen molar-refractivity contribution in [3.8, 4) is 11.4 Å². The molecule has 5 nitrogen and oxygen atoms in total. The quantitative estimate of drug-likeness (QED) is 0.757. The number of hydrogen-bond acceptors (Lipinski definition) is 4. The highest BCUT2D eigenvalue weighted by Crippen LogP contribution is 2.39. The van der Waals surface area contributed by atoms with Crippen LogP contribution in [0.15, 0.2) is 35.0 Å². The lowest BCUT2D eigenvalue weighted by molar-refractivity contribution is 0.329. The fourth-order valence-electron chi connectivity index (χ4n) is 3.79. The molecule has 21 heavy (non-hydrogen) atoms. The maximum absolute atomic E-state index is 5.54. The Hall–Kier alpha value is -2.14. The largest absolute Gasteiger partial charge is 0.361 e. The van der Waals surface area contributed by atoms with Crippen LogP contribution in [0, 0.1) is 0 Å². The lowest BCUT2D eigenvalue weighted by Crippen LogP contribution is -2.21. The molecule has 2 aliphatic rings. The van der Waals surface area contributed by atoms with Gasteiger partial charge in [0.1, 0.15) is 0 Å². The zero-order valence-electron chi connectivity index (χ0n) is 11.5. The molecule has 2 bridgehead atoms. The Morgan fingerprint density at radius 1 is 1.19 bits per heavy atom. The van der Waals surface area contributed by atoms with Crippen LogP contribution < -0.4 is 5.32 Å². The van der Waals surface area contributed by atoms with E-state index in [1.165, 1.54) is 18.2 Å². The number of nitrogens with zero attached hydrogens (tertiary/aromatic N) is 2. The van der Waals surface area contributed by atoms with Gasteiger partial charge in [0.25, 0.3) is 0 Å². The molecule has 0 unspecified atom stereocenters. The molecule has 3 aromatic rings. The molecule has 2 aliphatic heterocycles. The number of aromatic nitrogens is 3. The van der Waals surface area contributed by atoms with Crippen molar-refractivity contribution in [1.82, 2.24) is 20.4 Å². The summed E-state index contributed by atoms with van der Waals surface area (Å²) < 4.78 is 5.54. The first-order valence-corrected chi connectivity index (χ1v) is 7.54. The third-order valence-electron chi connectivity index (χ3n) is 4.87. The Labute approximate surface area is 121 Å². The van der Waals surface area contributed by atoms with Gasteiger partial charge in [0.05, 0.1) is 5.92 Å². The van der Waals surface area contributed by atoms with E-state index in [4.69, 9.17) is 4.52 Å². The zero-order valence-corrected chi connectivity index (χ0v) is 11.5. The minimum Gasteiger partial charge on any atom is -0.361 e. The van der Waals surface area contributed by atoms with Crippen molar-refractivity contribution in [3.05, 3.63) is 36.4 Å². The number of H-pyrrole nitrogens is 1. The first kappa shape index (κ1) is 11.5. The molecule has 2 N–H and O–H groups in total. The Morgan fingerprint density at radius 2 is 2.19 bits per heavy atom. The topological polar surface area (TPSA) is 66.7 Å². The molecular weight excluding hydrogens is 264 g/mol. The standard InChI is InChI=1S/C16H16N4O/c1-3-13-9(5-6-17-13)7-10(1)15-19-16(21-20-15)12-8-11-2-4-14(12)18-11/h1,3,5-7,11-12,14,17-18H,2,4,8H2/t11-,12+,14+/m1/s1. The maximum atomic E-state index is 5.54. The zero-order chi connectivity index (χ0) is 13.8. The van der Waals surface area contributed by atoms with E-state index in [2.05, 4.69) is 38.6 Å². The minimum absolute atomic E-state index is 0.390. The molecular formula is C16H16N4O. The summed E-state index contributed by atoms with van der Waals surface area (Å²) in [4.78, 5) is 7.84. The molecule has 5 heteroatoms. The van der Waals surface area contributed by atoms with E-state index >= 15 is 0 Å². The van der Waals surface area contributed by atoms with Crippen LogP contribution in [0.3, 0.4) is 0 Å². The third-order valence-corrected chi connectivity index (χ3v) is 4.87. The molecule has 0 saturated carbocycles. The minimum atomic E-state index is 0.390. The highest BCUT2D eigenvalue weighted by atomic mass is 16.5. The average molecular weight is 280 g/mol. The lowest BCUT2D eigenvalue weighted by atomic mass is 9.89. The van der Waals surface area contributed by atoms with E-state index in [0.29, 0.717) is 23.8 Å². The van der Waals surface area contributed by atoms with Gasteiger partial charge in [0.15, 0.2) is 0 Å². The van der Waals surface area contributed by atoms with Gasteiger partial charge in [-0.1, -0.05) is 5.16 Å². The van der Waals surface area contributed by atoms with Crippen LogP contribution in [0.2, 0.25) is 0 Å². The Bertz CT molecular complexity index is 805. The van der Waals surface area contributed by atoms with Gasteiger partial charge in [-0.15, -0.1) is 0 Å². The van der Waals surface area contributed by atoms with Gasteiger partial charge in [-0.3, -0.25) is 0 Å². The van der Waals surface area contributed by atoms with Crippen molar-refractivity contribution in [1.29, 1.82) is 0 Å². The second-order valence-electron chi connectivity index (χ2n) is 6.13. The lowest BCUT2D eigenvalue weighted by Gasteiger charge is -2.15. The Morgan fingerprint density at radius 3 is 3.05 bits per heavy atom. The normalized spacial score (nSPS) is 27.7. The Balaban J connectivity index is 1.50. The van der Waals surface area contributed by atoms with Gasteiger partial charge in [0, 0.05) is 34.7 Å². The molecule has 2 fully saturated rings. The van der Waals surface area contributed by atoms with Crippen molar-refractivity contribution in [3.63, 3.8) is 0 Å². The molecule has 2 saturated heterocycles. The molecule has 0 amide bonds. The molecule has 0 radical (unpaired) electrons. The van der Waals surface area contributed by atoms with Gasteiger partial charge in [-0.05, 0) is 43.5 Å². The SMILES string of the molecule is c1cc2cc(-c3noc([C@H]4C[C@H]5CC[C@@H]4N5)n3)ccc2[nH]1. The fraction of sp³-hybridized carbons (Fsp3) is 0.375. The van der Waals surface area contributed by atoms with Crippen LogP contribution in [-0.4, -0.2) is 27.2 Å². The van der Waals surface area contributed by atoms with Gasteiger partial charge in [0.2, 0.25) is 11.7 Å². The van der Waals surface area contributed by atoms with Gasteiger partial charge in [-0.25, -0.2) is 0 Å². The summed E-state index contributed by atoms with van der Waals surface area (Å²) in [5, 5.41) is 8.96. The van der Waals surface area contributed by atoms with Crippen LogP contribution in [0.1, 0.15) is 31.1 Å². The molecule has 1 aromatic carbocycles. The summed E-state index contributed by atoms with van der Waals surface area (Å²) in [7, 11) is 0. The van der Waals surface area contributed by atoms with Crippen LogP contribution in [-0.2, 0) is 0 Å². The first-order chi connectivity index (χ1) is 10.4. The van der Waals surface area contributed by atoms with E-state index in [9.17, 15) is 0 Å². The van der Waals surface area contributed by atoms with Crippen LogP contribution >= 0.6 is 0 Å². The van der Waals surface area contributed by atoms with Crippen molar-refractivity contribution >= 4 is 10.9 Å². The number of rotatable bonds is 2. The summed E-state index contributed by atoms with van der Waals surface area (Å²) in [6.45, 7) is 0. The highest BCUT2D eigenvalue weighted by Gasteiger charge is 2.42.